The van der Waals surface area contributed by atoms with Gasteiger partial charge >= 0.3 is 0 Å². The van der Waals surface area contributed by atoms with Crippen molar-refractivity contribution < 1.29 is 9.32 Å². The second-order valence-corrected chi connectivity index (χ2v) is 4.64. The number of hydrogen-bond donors (Lipinski definition) is 0. The molecule has 18 heavy (non-hydrogen) atoms. The minimum atomic E-state index is 0.00826. The topological polar surface area (TPSA) is 62.5 Å². The first-order valence-corrected chi connectivity index (χ1v) is 6.58. The van der Waals surface area contributed by atoms with Crippen molar-refractivity contribution in [3.8, 4) is 0 Å². The van der Waals surface area contributed by atoms with Gasteiger partial charge in [0.1, 0.15) is 5.88 Å². The van der Waals surface area contributed by atoms with Crippen LogP contribution in [0.1, 0.15) is 18.1 Å². The summed E-state index contributed by atoms with van der Waals surface area (Å²) in [5, 5.41) is 3.88. The lowest BCUT2D eigenvalue weighted by atomic mass is 10.3. The molecule has 1 amide bonds. The van der Waals surface area contributed by atoms with E-state index in [0.29, 0.717) is 24.8 Å². The molecule has 1 aliphatic rings. The molecular weight excluding hydrogens is 256 g/mol. The van der Waals surface area contributed by atoms with E-state index in [0.717, 1.165) is 26.1 Å². The summed E-state index contributed by atoms with van der Waals surface area (Å²) in [5.74, 6) is 1.35. The van der Waals surface area contributed by atoms with Crippen LogP contribution in [0.25, 0.3) is 0 Å². The van der Waals surface area contributed by atoms with Gasteiger partial charge in [0.15, 0.2) is 5.82 Å². The van der Waals surface area contributed by atoms with E-state index in [4.69, 9.17) is 16.1 Å². The fourth-order valence-corrected chi connectivity index (χ4v) is 2.24. The molecule has 0 saturated carbocycles. The predicted octanol–water partition coefficient (Wildman–Crippen LogP) is 0.651. The minimum Gasteiger partial charge on any atom is -0.340 e. The maximum Gasteiger partial charge on any atom is 0.237 e. The van der Waals surface area contributed by atoms with Crippen LogP contribution in [0.15, 0.2) is 4.52 Å². The van der Waals surface area contributed by atoms with Crippen LogP contribution in [0.4, 0.5) is 0 Å². The van der Waals surface area contributed by atoms with Gasteiger partial charge in [0.2, 0.25) is 11.8 Å². The molecule has 2 rings (SSSR count). The standard InChI is InChI=1S/C11H17ClN4O2/c1-9-13-10(14-18-9)8-15-3-2-4-16(6-5-15)11(17)7-12/h2-8H2,1H3. The molecule has 0 aromatic carbocycles. The third-order valence-corrected chi connectivity index (χ3v) is 3.22. The molecular formula is C11H17ClN4O2. The minimum absolute atomic E-state index is 0.00826. The zero-order valence-electron chi connectivity index (χ0n) is 10.4. The lowest BCUT2D eigenvalue weighted by Gasteiger charge is -2.20. The zero-order valence-corrected chi connectivity index (χ0v) is 11.2. The maximum atomic E-state index is 11.5. The van der Waals surface area contributed by atoms with E-state index in [-0.39, 0.29) is 11.8 Å². The second-order valence-electron chi connectivity index (χ2n) is 4.37. The van der Waals surface area contributed by atoms with Crippen molar-refractivity contribution in [2.75, 3.05) is 32.1 Å². The van der Waals surface area contributed by atoms with Crippen molar-refractivity contribution in [2.24, 2.45) is 0 Å². The van der Waals surface area contributed by atoms with E-state index in [1.54, 1.807) is 6.92 Å². The van der Waals surface area contributed by atoms with Gasteiger partial charge in [0, 0.05) is 33.1 Å². The maximum absolute atomic E-state index is 11.5. The van der Waals surface area contributed by atoms with E-state index in [2.05, 4.69) is 15.0 Å². The van der Waals surface area contributed by atoms with Crippen molar-refractivity contribution in [3.05, 3.63) is 11.7 Å². The number of aryl methyl sites for hydroxylation is 1. The first-order valence-electron chi connectivity index (χ1n) is 6.04. The normalized spacial score (nSPS) is 17.8. The number of aromatic nitrogens is 2. The summed E-state index contributed by atoms with van der Waals surface area (Å²) in [6.45, 7) is 5.67. The molecule has 1 aromatic rings. The molecule has 0 radical (unpaired) electrons. The average Bonchev–Trinajstić information content (AvgIpc) is 2.64. The van der Waals surface area contributed by atoms with Crippen LogP contribution in [0.5, 0.6) is 0 Å². The molecule has 0 spiro atoms. The molecule has 7 heteroatoms. The van der Waals surface area contributed by atoms with Gasteiger partial charge in [0.05, 0.1) is 6.54 Å². The van der Waals surface area contributed by atoms with Gasteiger partial charge < -0.3 is 9.42 Å². The second kappa shape index (κ2) is 6.15. The molecule has 0 atom stereocenters. The number of rotatable bonds is 3. The van der Waals surface area contributed by atoms with Gasteiger partial charge in [-0.3, -0.25) is 9.69 Å². The number of amides is 1. The van der Waals surface area contributed by atoms with Gasteiger partial charge in [-0.2, -0.15) is 4.98 Å². The Morgan fingerprint density at radius 1 is 1.39 bits per heavy atom. The SMILES string of the molecule is Cc1nc(CN2CCCN(C(=O)CCl)CC2)no1. The fourth-order valence-electron chi connectivity index (χ4n) is 2.07. The van der Waals surface area contributed by atoms with Crippen molar-refractivity contribution in [1.82, 2.24) is 19.9 Å². The third kappa shape index (κ3) is 3.43. The number of carbonyl (C=O) groups excluding carboxylic acids is 1. The average molecular weight is 273 g/mol. The van der Waals surface area contributed by atoms with Crippen molar-refractivity contribution in [3.63, 3.8) is 0 Å². The number of carbonyl (C=O) groups is 1. The van der Waals surface area contributed by atoms with Gasteiger partial charge in [0.25, 0.3) is 0 Å². The van der Waals surface area contributed by atoms with Crippen LogP contribution in [-0.2, 0) is 11.3 Å². The Morgan fingerprint density at radius 2 is 2.22 bits per heavy atom. The Hall–Kier alpha value is -1.14. The molecule has 1 fully saturated rings. The quantitative estimate of drug-likeness (QED) is 0.756. The van der Waals surface area contributed by atoms with Crippen LogP contribution in [-0.4, -0.2) is 57.9 Å². The highest BCUT2D eigenvalue weighted by atomic mass is 35.5. The van der Waals surface area contributed by atoms with Gasteiger partial charge in [-0.05, 0) is 6.42 Å². The van der Waals surface area contributed by atoms with E-state index >= 15 is 0 Å². The Labute approximate surface area is 111 Å². The van der Waals surface area contributed by atoms with Crippen molar-refractivity contribution >= 4 is 17.5 Å². The molecule has 1 aliphatic heterocycles. The van der Waals surface area contributed by atoms with Crippen molar-refractivity contribution in [2.45, 2.75) is 19.9 Å². The highest BCUT2D eigenvalue weighted by Crippen LogP contribution is 2.07. The molecule has 0 unspecified atom stereocenters. The van der Waals surface area contributed by atoms with Crippen LogP contribution in [0.2, 0.25) is 0 Å². The Kier molecular flexibility index (Phi) is 4.54. The molecule has 100 valence electrons. The zero-order chi connectivity index (χ0) is 13.0. The van der Waals surface area contributed by atoms with Gasteiger partial charge in [-0.1, -0.05) is 5.16 Å². The molecule has 0 aliphatic carbocycles. The van der Waals surface area contributed by atoms with Gasteiger partial charge in [-0.25, -0.2) is 0 Å². The van der Waals surface area contributed by atoms with Crippen LogP contribution < -0.4 is 0 Å². The van der Waals surface area contributed by atoms with E-state index < -0.39 is 0 Å². The van der Waals surface area contributed by atoms with Crippen LogP contribution in [0.3, 0.4) is 0 Å². The summed E-state index contributed by atoms with van der Waals surface area (Å²) in [6.07, 6.45) is 0.944. The predicted molar refractivity (Wildman–Crippen MR) is 66.2 cm³/mol. The Bertz CT molecular complexity index is 410. The van der Waals surface area contributed by atoms with Crippen LogP contribution in [0, 0.1) is 6.92 Å². The molecule has 0 N–H and O–H groups in total. The summed E-state index contributed by atoms with van der Waals surface area (Å²) >= 11 is 5.57. The Morgan fingerprint density at radius 3 is 2.89 bits per heavy atom. The summed E-state index contributed by atoms with van der Waals surface area (Å²) in [5.41, 5.74) is 0. The van der Waals surface area contributed by atoms with E-state index in [1.165, 1.54) is 0 Å². The highest BCUT2D eigenvalue weighted by Gasteiger charge is 2.19. The highest BCUT2D eigenvalue weighted by molar-refractivity contribution is 6.27. The smallest absolute Gasteiger partial charge is 0.237 e. The lowest BCUT2D eigenvalue weighted by Crippen LogP contribution is -2.35. The lowest BCUT2D eigenvalue weighted by molar-refractivity contribution is -0.128. The molecule has 0 bridgehead atoms. The third-order valence-electron chi connectivity index (χ3n) is 2.99. The van der Waals surface area contributed by atoms with Crippen molar-refractivity contribution in [1.29, 1.82) is 0 Å². The van der Waals surface area contributed by atoms with Gasteiger partial charge in [-0.15, -0.1) is 11.6 Å². The van der Waals surface area contributed by atoms with E-state index in [1.807, 2.05) is 4.90 Å². The monoisotopic (exact) mass is 272 g/mol. The Balaban J connectivity index is 1.87. The first kappa shape index (κ1) is 13.3. The number of alkyl halides is 1. The summed E-state index contributed by atoms with van der Waals surface area (Å²) in [4.78, 5) is 19.8. The first-order chi connectivity index (χ1) is 8.69. The number of nitrogens with zero attached hydrogens (tertiary/aromatic N) is 4. The molecule has 1 aromatic heterocycles. The molecule has 1 saturated heterocycles. The largest absolute Gasteiger partial charge is 0.340 e. The summed E-state index contributed by atoms with van der Waals surface area (Å²) in [6, 6.07) is 0. The molecule has 6 nitrogen and oxygen atoms in total. The fraction of sp³-hybridized carbons (Fsp3) is 0.727. The summed E-state index contributed by atoms with van der Waals surface area (Å²) < 4.78 is 4.94. The summed E-state index contributed by atoms with van der Waals surface area (Å²) in [7, 11) is 0. The number of halogens is 1. The van der Waals surface area contributed by atoms with Crippen LogP contribution >= 0.6 is 11.6 Å². The molecule has 2 heterocycles. The number of hydrogen-bond acceptors (Lipinski definition) is 5. The van der Waals surface area contributed by atoms with E-state index in [9.17, 15) is 4.79 Å².